The van der Waals surface area contributed by atoms with E-state index in [1.54, 1.807) is 11.3 Å². The first-order valence-corrected chi connectivity index (χ1v) is 9.68. The molecular weight excluding hydrogens is 360 g/mol. The quantitative estimate of drug-likeness (QED) is 0.709. The summed E-state index contributed by atoms with van der Waals surface area (Å²) in [6.45, 7) is 3.16. The third-order valence-corrected chi connectivity index (χ3v) is 5.16. The highest BCUT2D eigenvalue weighted by atomic mass is 32.1. The predicted molar refractivity (Wildman–Crippen MR) is 110 cm³/mol. The van der Waals surface area contributed by atoms with Crippen molar-refractivity contribution in [1.29, 1.82) is 0 Å². The van der Waals surface area contributed by atoms with Crippen LogP contribution in [0.2, 0.25) is 0 Å². The molecule has 0 unspecified atom stereocenters. The van der Waals surface area contributed by atoms with Crippen LogP contribution in [0.5, 0.6) is 0 Å². The van der Waals surface area contributed by atoms with Crippen LogP contribution in [0.25, 0.3) is 11.3 Å². The van der Waals surface area contributed by atoms with E-state index in [1.165, 1.54) is 0 Å². The number of morpholine rings is 1. The average Bonchev–Trinajstić information content (AvgIpc) is 3.20. The molecule has 138 valence electrons. The Morgan fingerprint density at radius 1 is 1.00 bits per heavy atom. The van der Waals surface area contributed by atoms with Crippen molar-refractivity contribution < 1.29 is 9.53 Å². The molecule has 1 aliphatic rings. The second-order valence-electron chi connectivity index (χ2n) is 6.11. The molecule has 1 fully saturated rings. The van der Waals surface area contributed by atoms with E-state index in [0.717, 1.165) is 54.1 Å². The molecule has 0 atom stereocenters. The van der Waals surface area contributed by atoms with Crippen molar-refractivity contribution in [2.24, 2.45) is 0 Å². The molecule has 0 bridgehead atoms. The van der Waals surface area contributed by atoms with Gasteiger partial charge in [-0.05, 0) is 18.2 Å². The third kappa shape index (κ3) is 4.27. The summed E-state index contributed by atoms with van der Waals surface area (Å²) in [5, 5.41) is 8.77. The predicted octanol–water partition coefficient (Wildman–Crippen LogP) is 4.29. The van der Waals surface area contributed by atoms with E-state index in [1.807, 2.05) is 60.0 Å². The summed E-state index contributed by atoms with van der Waals surface area (Å²) in [5.41, 5.74) is 3.23. The topological polar surface area (TPSA) is 66.5 Å². The molecule has 0 radical (unpaired) electrons. The maximum atomic E-state index is 12.4. The number of hydrogen-bond acceptors (Lipinski definition) is 5. The molecule has 0 spiro atoms. The minimum Gasteiger partial charge on any atom is -0.378 e. The number of thiazole rings is 1. The van der Waals surface area contributed by atoms with Crippen LogP contribution >= 0.6 is 11.3 Å². The molecule has 4 rings (SSSR count). The number of benzene rings is 2. The Balaban J connectivity index is 1.51. The van der Waals surface area contributed by atoms with Crippen molar-refractivity contribution in [2.45, 2.75) is 0 Å². The van der Waals surface area contributed by atoms with Gasteiger partial charge in [-0.3, -0.25) is 0 Å². The highest BCUT2D eigenvalue weighted by Gasteiger charge is 2.17. The Kier molecular flexibility index (Phi) is 5.32. The number of carbonyl (C=O) groups is 1. The monoisotopic (exact) mass is 380 g/mol. The van der Waals surface area contributed by atoms with Crippen LogP contribution in [-0.4, -0.2) is 37.3 Å². The molecule has 1 aromatic heterocycles. The van der Waals surface area contributed by atoms with Crippen LogP contribution in [0, 0.1) is 0 Å². The molecule has 1 aliphatic heterocycles. The summed E-state index contributed by atoms with van der Waals surface area (Å²) >= 11 is 1.61. The normalized spacial score (nSPS) is 14.0. The first-order valence-electron chi connectivity index (χ1n) is 8.80. The molecule has 2 aromatic carbocycles. The second-order valence-corrected chi connectivity index (χ2v) is 6.94. The third-order valence-electron chi connectivity index (χ3n) is 4.26. The zero-order valence-electron chi connectivity index (χ0n) is 14.7. The lowest BCUT2D eigenvalue weighted by Crippen LogP contribution is -2.36. The summed E-state index contributed by atoms with van der Waals surface area (Å²) in [7, 11) is 0. The van der Waals surface area contributed by atoms with Crippen molar-refractivity contribution in [3.8, 4) is 11.3 Å². The fourth-order valence-corrected chi connectivity index (χ4v) is 3.79. The number of aromatic nitrogens is 1. The van der Waals surface area contributed by atoms with E-state index >= 15 is 0 Å². The highest BCUT2D eigenvalue weighted by molar-refractivity contribution is 7.14. The standard InChI is InChI=1S/C20H20N4O2S/c25-19(21-15-6-2-1-3-7-15)22-17-9-5-4-8-16(17)18-14-27-20(23-18)24-10-12-26-13-11-24/h1-9,14H,10-13H2,(H2,21,22,25). The van der Waals surface area contributed by atoms with Crippen molar-refractivity contribution in [3.63, 3.8) is 0 Å². The van der Waals surface area contributed by atoms with Gasteiger partial charge in [0.05, 0.1) is 24.6 Å². The number of urea groups is 1. The lowest BCUT2D eigenvalue weighted by atomic mass is 10.1. The first kappa shape index (κ1) is 17.5. The van der Waals surface area contributed by atoms with Gasteiger partial charge in [0.15, 0.2) is 5.13 Å². The molecule has 1 saturated heterocycles. The lowest BCUT2D eigenvalue weighted by Gasteiger charge is -2.26. The molecule has 2 heterocycles. The zero-order chi connectivity index (χ0) is 18.5. The number of nitrogens with zero attached hydrogens (tertiary/aromatic N) is 2. The van der Waals surface area contributed by atoms with E-state index in [2.05, 4.69) is 15.5 Å². The van der Waals surface area contributed by atoms with E-state index < -0.39 is 0 Å². The Morgan fingerprint density at radius 2 is 1.74 bits per heavy atom. The van der Waals surface area contributed by atoms with Crippen LogP contribution in [0.15, 0.2) is 60.0 Å². The second kappa shape index (κ2) is 8.20. The zero-order valence-corrected chi connectivity index (χ0v) is 15.5. The van der Waals surface area contributed by atoms with Gasteiger partial charge >= 0.3 is 6.03 Å². The first-order chi connectivity index (χ1) is 13.3. The van der Waals surface area contributed by atoms with Gasteiger partial charge in [-0.25, -0.2) is 9.78 Å². The smallest absolute Gasteiger partial charge is 0.323 e. The molecular formula is C20H20N4O2S. The summed E-state index contributed by atoms with van der Waals surface area (Å²) in [4.78, 5) is 19.4. The number of anilines is 3. The number of amides is 2. The van der Waals surface area contributed by atoms with E-state index in [0.29, 0.717) is 0 Å². The summed E-state index contributed by atoms with van der Waals surface area (Å²) in [6, 6.07) is 16.8. The fourth-order valence-electron chi connectivity index (χ4n) is 2.91. The lowest BCUT2D eigenvalue weighted by molar-refractivity contribution is 0.122. The summed E-state index contributed by atoms with van der Waals surface area (Å²) in [5.74, 6) is 0. The molecule has 0 aliphatic carbocycles. The number of hydrogen-bond donors (Lipinski definition) is 2. The minimum absolute atomic E-state index is 0.280. The van der Waals surface area contributed by atoms with Gasteiger partial charge in [0.2, 0.25) is 0 Å². The number of carbonyl (C=O) groups excluding carboxylic acids is 1. The van der Waals surface area contributed by atoms with E-state index in [9.17, 15) is 4.79 Å². The molecule has 0 saturated carbocycles. The summed E-state index contributed by atoms with van der Waals surface area (Å²) in [6.07, 6.45) is 0. The van der Waals surface area contributed by atoms with Crippen LogP contribution < -0.4 is 15.5 Å². The number of para-hydroxylation sites is 2. The van der Waals surface area contributed by atoms with Gasteiger partial charge in [-0.1, -0.05) is 36.4 Å². The molecule has 2 N–H and O–H groups in total. The van der Waals surface area contributed by atoms with Crippen LogP contribution in [-0.2, 0) is 4.74 Å². The van der Waals surface area contributed by atoms with Crippen LogP contribution in [0.3, 0.4) is 0 Å². The van der Waals surface area contributed by atoms with Gasteiger partial charge in [0, 0.05) is 29.7 Å². The molecule has 27 heavy (non-hydrogen) atoms. The van der Waals surface area contributed by atoms with Gasteiger partial charge in [0.25, 0.3) is 0 Å². The van der Waals surface area contributed by atoms with Gasteiger partial charge in [-0.2, -0.15) is 0 Å². The Labute approximate surface area is 161 Å². The Morgan fingerprint density at radius 3 is 2.56 bits per heavy atom. The van der Waals surface area contributed by atoms with Gasteiger partial charge in [-0.15, -0.1) is 11.3 Å². The minimum atomic E-state index is -0.280. The fraction of sp³-hybridized carbons (Fsp3) is 0.200. The Bertz CT molecular complexity index is 907. The largest absolute Gasteiger partial charge is 0.378 e. The van der Waals surface area contributed by atoms with E-state index in [4.69, 9.17) is 9.72 Å². The number of nitrogens with one attached hydrogen (secondary N) is 2. The maximum absolute atomic E-state index is 12.4. The van der Waals surface area contributed by atoms with Crippen molar-refractivity contribution in [2.75, 3.05) is 41.8 Å². The van der Waals surface area contributed by atoms with Gasteiger partial charge < -0.3 is 20.3 Å². The van der Waals surface area contributed by atoms with Crippen molar-refractivity contribution in [3.05, 3.63) is 60.0 Å². The molecule has 2 amide bonds. The van der Waals surface area contributed by atoms with Gasteiger partial charge in [0.1, 0.15) is 0 Å². The molecule has 6 nitrogen and oxygen atoms in total. The van der Waals surface area contributed by atoms with Crippen molar-refractivity contribution in [1.82, 2.24) is 4.98 Å². The number of ether oxygens (including phenoxy) is 1. The highest BCUT2D eigenvalue weighted by Crippen LogP contribution is 2.32. The van der Waals surface area contributed by atoms with E-state index in [-0.39, 0.29) is 6.03 Å². The maximum Gasteiger partial charge on any atom is 0.323 e. The SMILES string of the molecule is O=C(Nc1ccccc1)Nc1ccccc1-c1csc(N2CCOCC2)n1. The van der Waals surface area contributed by atoms with Crippen LogP contribution in [0.1, 0.15) is 0 Å². The number of rotatable bonds is 4. The average molecular weight is 380 g/mol. The molecule has 7 heteroatoms. The van der Waals surface area contributed by atoms with Crippen molar-refractivity contribution >= 4 is 33.9 Å². The Hall–Kier alpha value is -2.90. The van der Waals surface area contributed by atoms with Crippen LogP contribution in [0.4, 0.5) is 21.3 Å². The summed E-state index contributed by atoms with van der Waals surface area (Å²) < 4.78 is 5.41. The molecule has 3 aromatic rings.